The summed E-state index contributed by atoms with van der Waals surface area (Å²) in [6.07, 6.45) is 0. The summed E-state index contributed by atoms with van der Waals surface area (Å²) in [5.41, 5.74) is 5.60. The molecule has 2 heterocycles. The molecule has 0 bridgehead atoms. The number of halogens is 1. The average molecular weight is 389 g/mol. The maximum Gasteiger partial charge on any atom is 0.212 e. The van der Waals surface area contributed by atoms with E-state index < -0.39 is 0 Å². The number of benzene rings is 2. The van der Waals surface area contributed by atoms with Crippen LogP contribution in [0.1, 0.15) is 10.9 Å². The summed E-state index contributed by atoms with van der Waals surface area (Å²) in [5.74, 6) is 1.54. The zero-order valence-electron chi connectivity index (χ0n) is 12.2. The molecule has 0 spiro atoms. The largest absolute Gasteiger partial charge is 0.497 e. The van der Waals surface area contributed by atoms with Crippen LogP contribution in [0.25, 0.3) is 11.4 Å². The highest BCUT2D eigenvalue weighted by atomic mass is 79.9. The van der Waals surface area contributed by atoms with E-state index in [-0.39, 0.29) is 5.37 Å². The smallest absolute Gasteiger partial charge is 0.212 e. The molecule has 1 atom stereocenters. The summed E-state index contributed by atoms with van der Waals surface area (Å²) in [6.45, 7) is 0. The van der Waals surface area contributed by atoms with Crippen LogP contribution < -0.4 is 10.2 Å². The number of thioether (sulfide) groups is 1. The normalized spacial score (nSPS) is 16.0. The quantitative estimate of drug-likeness (QED) is 0.732. The summed E-state index contributed by atoms with van der Waals surface area (Å²) < 4.78 is 8.19. The maximum absolute atomic E-state index is 5.31. The van der Waals surface area contributed by atoms with Crippen molar-refractivity contribution in [3.8, 4) is 17.1 Å². The number of fused-ring (bicyclic) bond motifs is 1. The summed E-state index contributed by atoms with van der Waals surface area (Å²) >= 11 is 5.23. The SMILES string of the molecule is COc1ccc(Br)c(-c2nnc3n2NC(c2ccccc2)S3)c1. The van der Waals surface area contributed by atoms with E-state index in [4.69, 9.17) is 4.74 Å². The first-order valence-corrected chi connectivity index (χ1v) is 8.71. The Morgan fingerprint density at radius 2 is 2.00 bits per heavy atom. The maximum atomic E-state index is 5.31. The molecule has 3 aromatic rings. The van der Waals surface area contributed by atoms with Gasteiger partial charge < -0.3 is 10.2 Å². The highest BCUT2D eigenvalue weighted by Crippen LogP contribution is 2.41. The second kappa shape index (κ2) is 5.90. The van der Waals surface area contributed by atoms with Gasteiger partial charge in [0.15, 0.2) is 5.82 Å². The third-order valence-corrected chi connectivity index (χ3v) is 5.40. The number of nitrogens with one attached hydrogen (secondary N) is 1. The Labute approximate surface area is 146 Å². The predicted molar refractivity (Wildman–Crippen MR) is 94.1 cm³/mol. The van der Waals surface area contributed by atoms with Gasteiger partial charge in [-0.15, -0.1) is 10.2 Å². The first-order valence-electron chi connectivity index (χ1n) is 7.04. The third-order valence-electron chi connectivity index (χ3n) is 3.62. The van der Waals surface area contributed by atoms with Crippen molar-refractivity contribution < 1.29 is 4.74 Å². The van der Waals surface area contributed by atoms with E-state index in [1.54, 1.807) is 18.9 Å². The van der Waals surface area contributed by atoms with Crippen molar-refractivity contribution in [1.82, 2.24) is 14.9 Å². The van der Waals surface area contributed by atoms with Gasteiger partial charge in [0.2, 0.25) is 5.16 Å². The Hall–Kier alpha value is -1.99. The fourth-order valence-electron chi connectivity index (χ4n) is 2.46. The summed E-state index contributed by atoms with van der Waals surface area (Å²) in [7, 11) is 1.65. The first kappa shape index (κ1) is 14.6. The molecule has 1 N–H and O–H groups in total. The minimum absolute atomic E-state index is 0.129. The van der Waals surface area contributed by atoms with Crippen molar-refractivity contribution in [3.63, 3.8) is 0 Å². The zero-order chi connectivity index (χ0) is 15.8. The van der Waals surface area contributed by atoms with E-state index in [1.165, 1.54) is 5.56 Å². The Bertz CT molecular complexity index is 853. The Morgan fingerprint density at radius 1 is 1.17 bits per heavy atom. The van der Waals surface area contributed by atoms with Crippen LogP contribution in [0.15, 0.2) is 58.2 Å². The predicted octanol–water partition coefficient (Wildman–Crippen LogP) is 4.06. The molecule has 23 heavy (non-hydrogen) atoms. The number of aromatic nitrogens is 3. The molecule has 116 valence electrons. The van der Waals surface area contributed by atoms with Gasteiger partial charge >= 0.3 is 0 Å². The molecular weight excluding hydrogens is 376 g/mol. The van der Waals surface area contributed by atoms with Crippen LogP contribution in [-0.2, 0) is 0 Å². The molecule has 0 radical (unpaired) electrons. The molecule has 7 heteroatoms. The van der Waals surface area contributed by atoms with Crippen LogP contribution in [0.5, 0.6) is 5.75 Å². The van der Waals surface area contributed by atoms with E-state index >= 15 is 0 Å². The lowest BCUT2D eigenvalue weighted by Crippen LogP contribution is -2.13. The fourth-order valence-corrected chi connectivity index (χ4v) is 3.88. The second-order valence-corrected chi connectivity index (χ2v) is 6.95. The van der Waals surface area contributed by atoms with Crippen molar-refractivity contribution in [3.05, 3.63) is 58.6 Å². The van der Waals surface area contributed by atoms with Gasteiger partial charge in [0.25, 0.3) is 0 Å². The van der Waals surface area contributed by atoms with Gasteiger partial charge in [0, 0.05) is 10.0 Å². The van der Waals surface area contributed by atoms with E-state index in [1.807, 2.05) is 41.1 Å². The van der Waals surface area contributed by atoms with Crippen LogP contribution >= 0.6 is 27.7 Å². The molecular formula is C16H13BrN4OS. The molecule has 1 unspecified atom stereocenters. The summed E-state index contributed by atoms with van der Waals surface area (Å²) in [6, 6.07) is 16.1. The van der Waals surface area contributed by atoms with Gasteiger partial charge in [-0.1, -0.05) is 58.0 Å². The van der Waals surface area contributed by atoms with Crippen LogP contribution in [0, 0.1) is 0 Å². The number of rotatable bonds is 3. The Balaban J connectivity index is 1.71. The first-order chi connectivity index (χ1) is 11.3. The Morgan fingerprint density at radius 3 is 2.78 bits per heavy atom. The lowest BCUT2D eigenvalue weighted by molar-refractivity contribution is 0.415. The van der Waals surface area contributed by atoms with Crippen molar-refractivity contribution in [2.45, 2.75) is 10.5 Å². The zero-order valence-corrected chi connectivity index (χ0v) is 14.6. The molecule has 0 fully saturated rings. The molecule has 1 aliphatic heterocycles. The molecule has 2 aromatic carbocycles. The molecule has 0 aliphatic carbocycles. The van der Waals surface area contributed by atoms with Crippen molar-refractivity contribution in [2.24, 2.45) is 0 Å². The minimum Gasteiger partial charge on any atom is -0.497 e. The summed E-state index contributed by atoms with van der Waals surface area (Å²) in [5, 5.41) is 9.59. The molecule has 1 aromatic heterocycles. The molecule has 0 amide bonds. The number of ether oxygens (including phenoxy) is 1. The minimum atomic E-state index is 0.129. The van der Waals surface area contributed by atoms with Gasteiger partial charge in [-0.3, -0.25) is 0 Å². The van der Waals surface area contributed by atoms with E-state index in [0.717, 1.165) is 26.8 Å². The van der Waals surface area contributed by atoms with Crippen molar-refractivity contribution >= 4 is 27.7 Å². The van der Waals surface area contributed by atoms with Gasteiger partial charge in [-0.2, -0.15) is 0 Å². The highest BCUT2D eigenvalue weighted by molar-refractivity contribution is 9.10. The number of hydrogen-bond acceptors (Lipinski definition) is 5. The fraction of sp³-hybridized carbons (Fsp3) is 0.125. The van der Waals surface area contributed by atoms with Gasteiger partial charge in [-0.25, -0.2) is 4.68 Å². The lowest BCUT2D eigenvalue weighted by Gasteiger charge is -2.13. The second-order valence-electron chi connectivity index (χ2n) is 5.03. The van der Waals surface area contributed by atoms with Crippen molar-refractivity contribution in [1.29, 1.82) is 0 Å². The van der Waals surface area contributed by atoms with Gasteiger partial charge in [-0.05, 0) is 23.8 Å². The standard InChI is InChI=1S/C16H13BrN4OS/c1-22-11-7-8-13(17)12(9-11)14-18-19-16-21(14)20-15(23-16)10-5-3-2-4-6-10/h2-9,15,20H,1H3. The van der Waals surface area contributed by atoms with Crippen LogP contribution in [0.2, 0.25) is 0 Å². The molecule has 0 saturated heterocycles. The van der Waals surface area contributed by atoms with E-state index in [9.17, 15) is 0 Å². The van der Waals surface area contributed by atoms with Crippen LogP contribution in [0.4, 0.5) is 0 Å². The molecule has 4 rings (SSSR count). The number of methoxy groups -OCH3 is 1. The number of nitrogens with zero attached hydrogens (tertiary/aromatic N) is 3. The topological polar surface area (TPSA) is 52.0 Å². The lowest BCUT2D eigenvalue weighted by atomic mass is 10.2. The van der Waals surface area contributed by atoms with E-state index in [0.29, 0.717) is 0 Å². The van der Waals surface area contributed by atoms with Crippen LogP contribution in [-0.4, -0.2) is 22.0 Å². The third kappa shape index (κ3) is 2.60. The molecule has 0 saturated carbocycles. The number of hydrogen-bond donors (Lipinski definition) is 1. The van der Waals surface area contributed by atoms with Gasteiger partial charge in [0.1, 0.15) is 11.1 Å². The highest BCUT2D eigenvalue weighted by Gasteiger charge is 2.28. The van der Waals surface area contributed by atoms with E-state index in [2.05, 4.69) is 43.7 Å². The molecule has 1 aliphatic rings. The summed E-state index contributed by atoms with van der Waals surface area (Å²) in [4.78, 5) is 0. The Kier molecular flexibility index (Phi) is 3.74. The average Bonchev–Trinajstić information content (AvgIpc) is 3.17. The van der Waals surface area contributed by atoms with Crippen LogP contribution in [0.3, 0.4) is 0 Å². The monoisotopic (exact) mass is 388 g/mol. The van der Waals surface area contributed by atoms with Gasteiger partial charge in [0.05, 0.1) is 7.11 Å². The molecule has 5 nitrogen and oxygen atoms in total. The van der Waals surface area contributed by atoms with Crippen molar-refractivity contribution in [2.75, 3.05) is 12.5 Å².